The van der Waals surface area contributed by atoms with Gasteiger partial charge in [-0.15, -0.1) is 11.8 Å². The van der Waals surface area contributed by atoms with Crippen LogP contribution in [0.25, 0.3) is 0 Å². The van der Waals surface area contributed by atoms with Crippen molar-refractivity contribution in [2.45, 2.75) is 56.0 Å². The minimum Gasteiger partial charge on any atom is -0.354 e. The van der Waals surface area contributed by atoms with Crippen LogP contribution in [0.15, 0.2) is 113 Å². The molecule has 0 fully saturated rings. The summed E-state index contributed by atoms with van der Waals surface area (Å²) in [7, 11) is -4.14. The third-order valence-electron chi connectivity index (χ3n) is 7.50. The predicted molar refractivity (Wildman–Crippen MR) is 183 cm³/mol. The van der Waals surface area contributed by atoms with E-state index in [9.17, 15) is 18.0 Å². The molecule has 0 saturated carbocycles. The standard InChI is InChI=1S/C36H41N3O4S2/c1-5-22-37-36(41)34(24-29-11-7-6-8-12-29)38(25-30-13-9-10-28(3)23-30)35(40)26-39(31-16-14-27(2)15-17-31)45(42,43)33-20-18-32(44-4)19-21-33/h6-21,23,34H,5,22,24-26H2,1-4H3,(H,37,41)/t34-/m0/s1. The van der Waals surface area contributed by atoms with Crippen molar-refractivity contribution in [3.63, 3.8) is 0 Å². The fraction of sp³-hybridized carbons (Fsp3) is 0.278. The molecule has 7 nitrogen and oxygen atoms in total. The number of thioether (sulfide) groups is 1. The molecule has 2 amide bonds. The Kier molecular flexibility index (Phi) is 11.8. The first-order valence-corrected chi connectivity index (χ1v) is 17.7. The fourth-order valence-corrected chi connectivity index (χ4v) is 6.86. The van der Waals surface area contributed by atoms with Crippen LogP contribution >= 0.6 is 11.8 Å². The largest absolute Gasteiger partial charge is 0.354 e. The second kappa shape index (κ2) is 15.8. The molecule has 236 valence electrons. The van der Waals surface area contributed by atoms with Crippen molar-refractivity contribution in [2.75, 3.05) is 23.7 Å². The Morgan fingerprint density at radius 2 is 1.49 bits per heavy atom. The molecule has 0 bridgehead atoms. The van der Waals surface area contributed by atoms with E-state index in [1.165, 1.54) is 16.7 Å². The first kappa shape index (κ1) is 33.8. The highest BCUT2D eigenvalue weighted by Crippen LogP contribution is 2.27. The molecule has 4 aromatic rings. The van der Waals surface area contributed by atoms with E-state index in [1.54, 1.807) is 36.4 Å². The fourth-order valence-electron chi connectivity index (χ4n) is 5.04. The Hall–Kier alpha value is -4.08. The van der Waals surface area contributed by atoms with Gasteiger partial charge < -0.3 is 10.2 Å². The molecule has 0 heterocycles. The molecule has 1 N–H and O–H groups in total. The summed E-state index contributed by atoms with van der Waals surface area (Å²) < 4.78 is 29.5. The van der Waals surface area contributed by atoms with Gasteiger partial charge in [0.05, 0.1) is 10.6 Å². The zero-order valence-electron chi connectivity index (χ0n) is 26.3. The zero-order valence-corrected chi connectivity index (χ0v) is 27.9. The van der Waals surface area contributed by atoms with Gasteiger partial charge in [-0.1, -0.05) is 84.8 Å². The lowest BCUT2D eigenvalue weighted by molar-refractivity contribution is -0.140. The van der Waals surface area contributed by atoms with Crippen LogP contribution in [-0.4, -0.2) is 50.5 Å². The molecule has 4 rings (SSSR count). The van der Waals surface area contributed by atoms with Crippen LogP contribution in [0.2, 0.25) is 0 Å². The number of amides is 2. The lowest BCUT2D eigenvalue weighted by Gasteiger charge is -2.34. The maximum atomic E-state index is 14.5. The number of carbonyl (C=O) groups excluding carboxylic acids is 2. The van der Waals surface area contributed by atoms with Crippen LogP contribution in [0.4, 0.5) is 5.69 Å². The molecule has 0 spiro atoms. The number of rotatable bonds is 14. The number of benzene rings is 4. The van der Waals surface area contributed by atoms with Crippen LogP contribution in [0.3, 0.4) is 0 Å². The minimum atomic E-state index is -4.14. The van der Waals surface area contributed by atoms with Crippen LogP contribution in [0.1, 0.15) is 35.6 Å². The van der Waals surface area contributed by atoms with Crippen molar-refractivity contribution >= 4 is 39.3 Å². The molecule has 4 aromatic carbocycles. The Morgan fingerprint density at radius 3 is 2.11 bits per heavy atom. The number of nitrogens with one attached hydrogen (secondary N) is 1. The van der Waals surface area contributed by atoms with Gasteiger partial charge in [0, 0.05) is 24.4 Å². The minimum absolute atomic E-state index is 0.0837. The van der Waals surface area contributed by atoms with E-state index in [0.29, 0.717) is 12.2 Å². The van der Waals surface area contributed by atoms with Crippen LogP contribution in [0, 0.1) is 13.8 Å². The Bertz CT molecular complexity index is 1680. The first-order chi connectivity index (χ1) is 21.6. The lowest BCUT2D eigenvalue weighted by Crippen LogP contribution is -2.53. The van der Waals surface area contributed by atoms with Crippen molar-refractivity contribution in [2.24, 2.45) is 0 Å². The highest BCUT2D eigenvalue weighted by Gasteiger charge is 2.34. The zero-order chi connectivity index (χ0) is 32.4. The molecule has 0 radical (unpaired) electrons. The van der Waals surface area contributed by atoms with Crippen LogP contribution < -0.4 is 9.62 Å². The van der Waals surface area contributed by atoms with Gasteiger partial charge in [-0.2, -0.15) is 0 Å². The number of nitrogens with zero attached hydrogens (tertiary/aromatic N) is 2. The van der Waals surface area contributed by atoms with Gasteiger partial charge in [-0.05, 0) is 74.0 Å². The summed E-state index contributed by atoms with van der Waals surface area (Å²) in [5.41, 5.74) is 4.10. The van der Waals surface area contributed by atoms with Gasteiger partial charge in [0.1, 0.15) is 12.6 Å². The number of aryl methyl sites for hydroxylation is 2. The normalized spacial score (nSPS) is 11.9. The molecule has 0 unspecified atom stereocenters. The SMILES string of the molecule is CCCNC(=O)[C@H](Cc1ccccc1)N(Cc1cccc(C)c1)C(=O)CN(c1ccc(C)cc1)S(=O)(=O)c1ccc(SC)cc1. The molecule has 0 saturated heterocycles. The van der Waals surface area contributed by atoms with Gasteiger partial charge >= 0.3 is 0 Å². The molecule has 9 heteroatoms. The van der Waals surface area contributed by atoms with Crippen molar-refractivity contribution in [1.82, 2.24) is 10.2 Å². The molecule has 0 aliphatic rings. The van der Waals surface area contributed by atoms with Crippen molar-refractivity contribution in [3.05, 3.63) is 125 Å². The number of anilines is 1. The van der Waals surface area contributed by atoms with Crippen LogP contribution in [-0.2, 0) is 32.6 Å². The molecule has 0 aromatic heterocycles. The Morgan fingerprint density at radius 1 is 0.822 bits per heavy atom. The Balaban J connectivity index is 1.79. The van der Waals surface area contributed by atoms with Crippen molar-refractivity contribution in [1.29, 1.82) is 0 Å². The quantitative estimate of drug-likeness (QED) is 0.161. The molecular formula is C36H41N3O4S2. The topological polar surface area (TPSA) is 86.8 Å². The van der Waals surface area contributed by atoms with E-state index in [1.807, 2.05) is 93.8 Å². The van der Waals surface area contributed by atoms with Gasteiger partial charge in [-0.25, -0.2) is 8.42 Å². The van der Waals surface area contributed by atoms with Crippen molar-refractivity contribution < 1.29 is 18.0 Å². The van der Waals surface area contributed by atoms with Crippen LogP contribution in [0.5, 0.6) is 0 Å². The first-order valence-electron chi connectivity index (χ1n) is 15.0. The summed E-state index contributed by atoms with van der Waals surface area (Å²) >= 11 is 1.52. The van der Waals surface area contributed by atoms with E-state index >= 15 is 0 Å². The number of hydrogen-bond acceptors (Lipinski definition) is 5. The summed E-state index contributed by atoms with van der Waals surface area (Å²) in [5.74, 6) is -0.756. The second-order valence-corrected chi connectivity index (χ2v) is 13.8. The smallest absolute Gasteiger partial charge is 0.264 e. The molecule has 45 heavy (non-hydrogen) atoms. The van der Waals surface area contributed by atoms with Gasteiger partial charge in [0.25, 0.3) is 10.0 Å². The predicted octanol–water partition coefficient (Wildman–Crippen LogP) is 6.39. The van der Waals surface area contributed by atoms with Crippen molar-refractivity contribution in [3.8, 4) is 0 Å². The summed E-state index contributed by atoms with van der Waals surface area (Å²) in [4.78, 5) is 30.8. The number of carbonyl (C=O) groups is 2. The van der Waals surface area contributed by atoms with E-state index in [2.05, 4.69) is 5.32 Å². The molecular weight excluding hydrogens is 603 g/mol. The summed E-state index contributed by atoms with van der Waals surface area (Å²) in [6.07, 6.45) is 2.94. The van der Waals surface area contributed by atoms with E-state index in [4.69, 9.17) is 0 Å². The summed E-state index contributed by atoms with van der Waals surface area (Å²) in [5, 5.41) is 2.98. The maximum absolute atomic E-state index is 14.5. The molecule has 0 aliphatic heterocycles. The summed E-state index contributed by atoms with van der Waals surface area (Å²) in [6.45, 7) is 5.99. The number of sulfonamides is 1. The second-order valence-electron chi connectivity index (χ2n) is 11.0. The van der Waals surface area contributed by atoms with E-state index in [-0.39, 0.29) is 23.8 Å². The third kappa shape index (κ3) is 8.99. The highest BCUT2D eigenvalue weighted by atomic mass is 32.2. The van der Waals surface area contributed by atoms with Gasteiger partial charge in [-0.3, -0.25) is 13.9 Å². The lowest BCUT2D eigenvalue weighted by atomic mass is 10.0. The van der Waals surface area contributed by atoms with Gasteiger partial charge in [0.15, 0.2) is 0 Å². The number of hydrogen-bond donors (Lipinski definition) is 1. The molecule has 1 atom stereocenters. The molecule has 0 aliphatic carbocycles. The third-order valence-corrected chi connectivity index (χ3v) is 10.0. The average Bonchev–Trinajstić information content (AvgIpc) is 3.05. The summed E-state index contributed by atoms with van der Waals surface area (Å²) in [6, 6.07) is 30.2. The maximum Gasteiger partial charge on any atom is 0.264 e. The van der Waals surface area contributed by atoms with E-state index in [0.717, 1.165) is 37.9 Å². The van der Waals surface area contributed by atoms with E-state index < -0.39 is 28.5 Å². The monoisotopic (exact) mass is 643 g/mol. The average molecular weight is 644 g/mol. The highest BCUT2D eigenvalue weighted by molar-refractivity contribution is 7.98. The Labute approximate surface area is 271 Å². The van der Waals surface area contributed by atoms with Gasteiger partial charge in [0.2, 0.25) is 11.8 Å².